The van der Waals surface area contributed by atoms with Gasteiger partial charge in [0.25, 0.3) is 0 Å². The number of hydrogen-bond donors (Lipinski definition) is 1. The van der Waals surface area contributed by atoms with Crippen molar-refractivity contribution in [3.8, 4) is 0 Å². The first-order chi connectivity index (χ1) is 10.3. The van der Waals surface area contributed by atoms with E-state index in [-0.39, 0.29) is 17.9 Å². The van der Waals surface area contributed by atoms with Gasteiger partial charge in [-0.3, -0.25) is 4.79 Å². The highest BCUT2D eigenvalue weighted by molar-refractivity contribution is 5.92. The predicted molar refractivity (Wildman–Crippen MR) is 75.3 cm³/mol. The predicted octanol–water partition coefficient (Wildman–Crippen LogP) is 1.32. The second-order valence-corrected chi connectivity index (χ2v) is 5.05. The number of imidazole rings is 1. The summed E-state index contributed by atoms with van der Waals surface area (Å²) in [4.78, 5) is 24.6. The number of amides is 1. The zero-order chi connectivity index (χ0) is 14.7. The molecule has 1 aliphatic rings. The number of hydrogen-bond acceptors (Lipinski definition) is 5. The average molecular weight is 287 g/mol. The van der Waals surface area contributed by atoms with Crippen molar-refractivity contribution in [1.82, 2.24) is 19.5 Å². The van der Waals surface area contributed by atoms with Crippen LogP contribution in [0.1, 0.15) is 24.8 Å². The number of nitrogens with zero attached hydrogens (tertiary/aromatic N) is 4. The minimum Gasteiger partial charge on any atom is -0.369 e. The summed E-state index contributed by atoms with van der Waals surface area (Å²) in [7, 11) is 1.90. The van der Waals surface area contributed by atoms with Gasteiger partial charge in [0, 0.05) is 26.0 Å². The molecule has 0 bridgehead atoms. The summed E-state index contributed by atoms with van der Waals surface area (Å²) in [5.74, 6) is 0.428. The van der Waals surface area contributed by atoms with Crippen molar-refractivity contribution >= 4 is 11.6 Å². The molecular formula is C14H17N5O2. The monoisotopic (exact) mass is 287 g/mol. The van der Waals surface area contributed by atoms with Crippen LogP contribution >= 0.6 is 0 Å². The Labute approximate surface area is 122 Å². The first kappa shape index (κ1) is 13.7. The van der Waals surface area contributed by atoms with Gasteiger partial charge in [0.05, 0.1) is 24.0 Å². The van der Waals surface area contributed by atoms with E-state index in [0.717, 1.165) is 18.7 Å². The van der Waals surface area contributed by atoms with E-state index in [2.05, 4.69) is 20.3 Å². The number of nitrogens with one attached hydrogen (secondary N) is 1. The fourth-order valence-corrected chi connectivity index (χ4v) is 2.55. The molecule has 1 saturated heterocycles. The Morgan fingerprint density at radius 3 is 2.95 bits per heavy atom. The molecule has 0 aliphatic carbocycles. The highest BCUT2D eigenvalue weighted by Crippen LogP contribution is 2.33. The number of ether oxygens (including phenoxy) is 1. The van der Waals surface area contributed by atoms with Gasteiger partial charge in [-0.2, -0.15) is 0 Å². The molecule has 2 aromatic rings. The second kappa shape index (κ2) is 6.01. The van der Waals surface area contributed by atoms with E-state index in [1.807, 2.05) is 17.8 Å². The number of aryl methyl sites for hydroxylation is 1. The van der Waals surface area contributed by atoms with Crippen LogP contribution in [0.4, 0.5) is 5.69 Å². The lowest BCUT2D eigenvalue weighted by molar-refractivity contribution is -0.130. The summed E-state index contributed by atoms with van der Waals surface area (Å²) in [6.45, 7) is 0.649. The third-order valence-electron chi connectivity index (χ3n) is 3.60. The first-order valence-electron chi connectivity index (χ1n) is 6.90. The van der Waals surface area contributed by atoms with Gasteiger partial charge >= 0.3 is 0 Å². The van der Waals surface area contributed by atoms with Gasteiger partial charge in [0.1, 0.15) is 18.3 Å². The van der Waals surface area contributed by atoms with Crippen molar-refractivity contribution in [2.24, 2.45) is 13.0 Å². The van der Waals surface area contributed by atoms with Crippen LogP contribution in [0.3, 0.4) is 0 Å². The molecule has 1 aliphatic heterocycles. The highest BCUT2D eigenvalue weighted by atomic mass is 16.5. The number of carbonyl (C=O) groups excluding carboxylic acids is 1. The molecule has 110 valence electrons. The fourth-order valence-electron chi connectivity index (χ4n) is 2.55. The summed E-state index contributed by atoms with van der Waals surface area (Å²) in [5.41, 5.74) is 0.590. The standard InChI is InChI=1S/C14H17N5O2/c1-19-5-4-17-13(19)12-11(3-2-6-21-12)14(20)18-10-7-15-9-16-8-10/h4-5,7-9,11-12H,2-3,6H2,1H3,(H,18,20)/t11-,12-/m1/s1. The third-order valence-corrected chi connectivity index (χ3v) is 3.60. The van der Waals surface area contributed by atoms with E-state index in [1.54, 1.807) is 18.6 Å². The van der Waals surface area contributed by atoms with E-state index in [1.165, 1.54) is 6.33 Å². The van der Waals surface area contributed by atoms with Crippen molar-refractivity contribution in [3.63, 3.8) is 0 Å². The molecular weight excluding hydrogens is 270 g/mol. The smallest absolute Gasteiger partial charge is 0.230 e. The summed E-state index contributed by atoms with van der Waals surface area (Å²) >= 11 is 0. The molecule has 3 heterocycles. The van der Waals surface area contributed by atoms with Crippen molar-refractivity contribution in [2.75, 3.05) is 11.9 Å². The van der Waals surface area contributed by atoms with Crippen molar-refractivity contribution in [3.05, 3.63) is 36.9 Å². The SMILES string of the molecule is Cn1ccnc1[C@@H]1OCCC[C@H]1C(=O)Nc1cncnc1. The fraction of sp³-hybridized carbons (Fsp3) is 0.429. The topological polar surface area (TPSA) is 81.9 Å². The highest BCUT2D eigenvalue weighted by Gasteiger charge is 2.35. The van der Waals surface area contributed by atoms with Crippen molar-refractivity contribution in [2.45, 2.75) is 18.9 Å². The third kappa shape index (κ3) is 2.92. The van der Waals surface area contributed by atoms with E-state index in [9.17, 15) is 4.79 Å². The minimum absolute atomic E-state index is 0.0856. The van der Waals surface area contributed by atoms with Crippen LogP contribution in [0.5, 0.6) is 0 Å². The molecule has 1 N–H and O–H groups in total. The van der Waals surface area contributed by atoms with Crippen LogP contribution in [-0.2, 0) is 16.6 Å². The lowest BCUT2D eigenvalue weighted by atomic mass is 9.92. The molecule has 7 nitrogen and oxygen atoms in total. The molecule has 2 atom stereocenters. The van der Waals surface area contributed by atoms with Crippen LogP contribution in [0.15, 0.2) is 31.1 Å². The minimum atomic E-state index is -0.316. The Morgan fingerprint density at radius 2 is 2.24 bits per heavy atom. The second-order valence-electron chi connectivity index (χ2n) is 5.05. The molecule has 2 aromatic heterocycles. The zero-order valence-electron chi connectivity index (χ0n) is 11.8. The molecule has 1 amide bonds. The normalized spacial score (nSPS) is 22.0. The van der Waals surface area contributed by atoms with Gasteiger partial charge < -0.3 is 14.6 Å². The molecule has 7 heteroatoms. The average Bonchev–Trinajstić information content (AvgIpc) is 2.94. The first-order valence-corrected chi connectivity index (χ1v) is 6.90. The van der Waals surface area contributed by atoms with Crippen LogP contribution in [-0.4, -0.2) is 32.0 Å². The largest absolute Gasteiger partial charge is 0.369 e. The van der Waals surface area contributed by atoms with Crippen LogP contribution < -0.4 is 5.32 Å². The van der Waals surface area contributed by atoms with Gasteiger partial charge in [-0.1, -0.05) is 0 Å². The Hall–Kier alpha value is -2.28. The van der Waals surface area contributed by atoms with Crippen molar-refractivity contribution < 1.29 is 9.53 Å². The Balaban J connectivity index is 1.78. The zero-order valence-corrected chi connectivity index (χ0v) is 11.8. The Bertz CT molecular complexity index is 613. The maximum Gasteiger partial charge on any atom is 0.230 e. The van der Waals surface area contributed by atoms with Gasteiger partial charge in [-0.05, 0) is 12.8 Å². The Morgan fingerprint density at radius 1 is 1.43 bits per heavy atom. The van der Waals surface area contributed by atoms with E-state index >= 15 is 0 Å². The molecule has 3 rings (SSSR count). The molecule has 1 fully saturated rings. The van der Waals surface area contributed by atoms with Gasteiger partial charge in [-0.25, -0.2) is 15.0 Å². The molecule has 0 unspecified atom stereocenters. The number of aromatic nitrogens is 4. The van der Waals surface area contributed by atoms with Gasteiger partial charge in [0.2, 0.25) is 5.91 Å². The van der Waals surface area contributed by atoms with Crippen LogP contribution in [0.2, 0.25) is 0 Å². The Kier molecular flexibility index (Phi) is 3.92. The van der Waals surface area contributed by atoms with Crippen LogP contribution in [0, 0.1) is 5.92 Å². The van der Waals surface area contributed by atoms with E-state index in [4.69, 9.17) is 4.74 Å². The molecule has 21 heavy (non-hydrogen) atoms. The van der Waals surface area contributed by atoms with Crippen molar-refractivity contribution in [1.29, 1.82) is 0 Å². The lowest BCUT2D eigenvalue weighted by Crippen LogP contribution is -2.34. The van der Waals surface area contributed by atoms with Gasteiger partial charge in [-0.15, -0.1) is 0 Å². The molecule has 0 aromatic carbocycles. The molecule has 0 saturated carbocycles. The van der Waals surface area contributed by atoms with Gasteiger partial charge in [0.15, 0.2) is 0 Å². The number of carbonyl (C=O) groups is 1. The van der Waals surface area contributed by atoms with E-state index in [0.29, 0.717) is 12.3 Å². The summed E-state index contributed by atoms with van der Waals surface area (Å²) in [6.07, 6.45) is 9.47. The molecule has 0 spiro atoms. The quantitative estimate of drug-likeness (QED) is 0.920. The maximum absolute atomic E-state index is 12.5. The molecule has 0 radical (unpaired) electrons. The van der Waals surface area contributed by atoms with E-state index < -0.39 is 0 Å². The maximum atomic E-state index is 12.5. The summed E-state index contributed by atoms with van der Waals surface area (Å²) in [6, 6.07) is 0. The van der Waals surface area contributed by atoms with Crippen LogP contribution in [0.25, 0.3) is 0 Å². The summed E-state index contributed by atoms with van der Waals surface area (Å²) < 4.78 is 7.69. The number of anilines is 1. The summed E-state index contributed by atoms with van der Waals surface area (Å²) in [5, 5.41) is 2.84. The number of rotatable bonds is 3. The lowest BCUT2D eigenvalue weighted by Gasteiger charge is -2.30.